The Hall–Kier alpha value is -0.950. The van der Waals surface area contributed by atoms with Crippen molar-refractivity contribution in [1.82, 2.24) is 0 Å². The topological polar surface area (TPSA) is 107 Å². The highest BCUT2D eigenvalue weighted by Crippen LogP contribution is 2.69. The molecule has 0 bridgehead atoms. The minimum absolute atomic E-state index is 0.00628. The lowest BCUT2D eigenvalue weighted by Crippen LogP contribution is -2.67. The van der Waals surface area contributed by atoms with Crippen molar-refractivity contribution in [3.8, 4) is 0 Å². The summed E-state index contributed by atoms with van der Waals surface area (Å²) in [6.07, 6.45) is 6.29. The van der Waals surface area contributed by atoms with Crippen molar-refractivity contribution >= 4 is 5.97 Å². The van der Waals surface area contributed by atoms with Gasteiger partial charge in [0, 0.05) is 23.5 Å². The van der Waals surface area contributed by atoms with Gasteiger partial charge in [0.25, 0.3) is 0 Å². The molecule has 5 aliphatic rings. The molecule has 5 rings (SSSR count). The average Bonchev–Trinajstić information content (AvgIpc) is 3.22. The number of fused-ring (bicyclic) bond motifs is 5. The molecule has 1 aliphatic heterocycles. The summed E-state index contributed by atoms with van der Waals surface area (Å²) >= 11 is 0. The van der Waals surface area contributed by atoms with E-state index in [4.69, 9.17) is 4.74 Å². The molecule has 4 saturated carbocycles. The second-order valence-corrected chi connectivity index (χ2v) is 10.8. The molecule has 0 aromatic rings. The second-order valence-electron chi connectivity index (χ2n) is 10.8. The molecule has 0 aromatic heterocycles. The van der Waals surface area contributed by atoms with Gasteiger partial charge in [0.05, 0.1) is 17.8 Å². The maximum atomic E-state index is 12.1. The first-order valence-corrected chi connectivity index (χ1v) is 11.3. The molecule has 0 aromatic carbocycles. The number of cyclic esters (lactones) is 1. The number of hydrogen-bond donors (Lipinski definition) is 4. The summed E-state index contributed by atoms with van der Waals surface area (Å²) in [6.45, 7) is 2.38. The number of hydrogen-bond acceptors (Lipinski definition) is 6. The summed E-state index contributed by atoms with van der Waals surface area (Å²) in [5, 5.41) is 44.3. The fourth-order valence-electron chi connectivity index (χ4n) is 8.57. The molecule has 4 aliphatic carbocycles. The third-order valence-corrected chi connectivity index (χ3v) is 9.90. The summed E-state index contributed by atoms with van der Waals surface area (Å²) in [5.74, 6) is -0.301. The van der Waals surface area contributed by atoms with E-state index in [1.165, 1.54) is 0 Å². The van der Waals surface area contributed by atoms with Crippen LogP contribution >= 0.6 is 0 Å². The van der Waals surface area contributed by atoms with Crippen molar-refractivity contribution in [1.29, 1.82) is 0 Å². The van der Waals surface area contributed by atoms with Crippen LogP contribution < -0.4 is 0 Å². The van der Waals surface area contributed by atoms with Crippen LogP contribution in [0.4, 0.5) is 0 Å². The first-order valence-electron chi connectivity index (χ1n) is 11.3. The number of aliphatic hydroxyl groups excluding tert-OH is 3. The summed E-state index contributed by atoms with van der Waals surface area (Å²) in [4.78, 5) is 11.7. The maximum absolute atomic E-state index is 12.1. The Morgan fingerprint density at radius 2 is 1.97 bits per heavy atom. The number of carbonyl (C=O) groups is 1. The molecule has 9 atom stereocenters. The van der Waals surface area contributed by atoms with Gasteiger partial charge in [-0.2, -0.15) is 0 Å². The number of rotatable bonds is 2. The van der Waals surface area contributed by atoms with Gasteiger partial charge >= 0.3 is 5.97 Å². The molecule has 4 fully saturated rings. The molecular weight excluding hydrogens is 372 g/mol. The molecule has 162 valence electrons. The van der Waals surface area contributed by atoms with Crippen LogP contribution in [0.5, 0.6) is 0 Å². The molecular formula is C23H34O6. The Morgan fingerprint density at radius 1 is 1.17 bits per heavy atom. The Bertz CT molecular complexity index is 735. The maximum Gasteiger partial charge on any atom is 0.331 e. The van der Waals surface area contributed by atoms with Crippen molar-refractivity contribution in [3.63, 3.8) is 0 Å². The molecule has 0 spiro atoms. The van der Waals surface area contributed by atoms with Gasteiger partial charge in [-0.3, -0.25) is 0 Å². The predicted octanol–water partition coefficient (Wildman–Crippen LogP) is 1.55. The lowest BCUT2D eigenvalue weighted by atomic mass is 9.42. The Labute approximate surface area is 172 Å². The SMILES string of the molecule is C[C@]12CC(O)[C@H]3[C@@H](CC[C@@H]4C[C@@H](O)CC[C@]43CO)[C@@]1(O)CC[C@@H]2C1=CC(=O)OC1. The van der Waals surface area contributed by atoms with E-state index in [0.717, 1.165) is 24.8 Å². The monoisotopic (exact) mass is 406 g/mol. The van der Waals surface area contributed by atoms with Gasteiger partial charge in [0.2, 0.25) is 0 Å². The highest BCUT2D eigenvalue weighted by molar-refractivity contribution is 5.85. The predicted molar refractivity (Wildman–Crippen MR) is 105 cm³/mol. The van der Waals surface area contributed by atoms with Crippen molar-refractivity contribution in [2.24, 2.45) is 34.5 Å². The Kier molecular flexibility index (Phi) is 4.49. The van der Waals surface area contributed by atoms with Gasteiger partial charge in [0.1, 0.15) is 6.61 Å². The van der Waals surface area contributed by atoms with Gasteiger partial charge in [-0.1, -0.05) is 6.92 Å². The van der Waals surface area contributed by atoms with Crippen LogP contribution in [0.1, 0.15) is 58.3 Å². The fraction of sp³-hybridized carbons (Fsp3) is 0.870. The first kappa shape index (κ1) is 20.0. The van der Waals surface area contributed by atoms with E-state index in [1.807, 2.05) is 0 Å². The van der Waals surface area contributed by atoms with Crippen molar-refractivity contribution < 1.29 is 30.0 Å². The number of aliphatic hydroxyl groups is 4. The first-order chi connectivity index (χ1) is 13.7. The van der Waals surface area contributed by atoms with E-state index in [1.54, 1.807) is 6.08 Å². The zero-order valence-corrected chi connectivity index (χ0v) is 17.2. The van der Waals surface area contributed by atoms with Crippen molar-refractivity contribution in [3.05, 3.63) is 11.6 Å². The summed E-state index contributed by atoms with van der Waals surface area (Å²) in [5.41, 5.74) is -0.893. The molecule has 0 amide bonds. The van der Waals surface area contributed by atoms with E-state index in [9.17, 15) is 25.2 Å². The zero-order chi connectivity index (χ0) is 20.6. The van der Waals surface area contributed by atoms with Crippen molar-refractivity contribution in [2.75, 3.05) is 13.2 Å². The normalized spacial score (nSPS) is 54.2. The van der Waals surface area contributed by atoms with E-state index < -0.39 is 22.5 Å². The van der Waals surface area contributed by atoms with Gasteiger partial charge < -0.3 is 25.2 Å². The van der Waals surface area contributed by atoms with E-state index in [-0.39, 0.29) is 42.4 Å². The van der Waals surface area contributed by atoms with E-state index in [2.05, 4.69) is 6.92 Å². The van der Waals surface area contributed by atoms with E-state index >= 15 is 0 Å². The van der Waals surface area contributed by atoms with Crippen LogP contribution in [0.25, 0.3) is 0 Å². The van der Waals surface area contributed by atoms with Crippen LogP contribution in [0, 0.1) is 34.5 Å². The van der Waals surface area contributed by atoms with Gasteiger partial charge in [-0.25, -0.2) is 4.79 Å². The quantitative estimate of drug-likeness (QED) is 0.519. The summed E-state index contributed by atoms with van der Waals surface area (Å²) in [7, 11) is 0. The van der Waals surface area contributed by atoms with Gasteiger partial charge in [-0.15, -0.1) is 0 Å². The molecule has 0 saturated heterocycles. The second kappa shape index (κ2) is 6.52. The van der Waals surface area contributed by atoms with Crippen LogP contribution in [-0.4, -0.2) is 57.4 Å². The molecule has 29 heavy (non-hydrogen) atoms. The third kappa shape index (κ3) is 2.52. The largest absolute Gasteiger partial charge is 0.458 e. The van der Waals surface area contributed by atoms with Crippen LogP contribution in [0.3, 0.4) is 0 Å². The molecule has 4 N–H and O–H groups in total. The van der Waals surface area contributed by atoms with Crippen LogP contribution in [-0.2, 0) is 9.53 Å². The van der Waals surface area contributed by atoms with E-state index in [0.29, 0.717) is 38.7 Å². The minimum atomic E-state index is -0.919. The standard InChI is InChI=1S/C23H34O6/c1-21-10-18(26)20-17(3-2-14-9-15(25)4-6-22(14,20)12-24)23(21,28)7-5-16(21)13-8-19(27)29-11-13/h8,14-18,20,24-26,28H,2-7,9-12H2,1H3/t14-,15+,16-,17-,18?,20-,21-,22+,23+/m1/s1. The smallest absolute Gasteiger partial charge is 0.331 e. The molecule has 1 heterocycles. The number of esters is 1. The van der Waals surface area contributed by atoms with Gasteiger partial charge in [0.15, 0.2) is 0 Å². The minimum Gasteiger partial charge on any atom is -0.458 e. The Balaban J connectivity index is 1.53. The molecule has 1 unspecified atom stereocenters. The van der Waals surface area contributed by atoms with Crippen molar-refractivity contribution in [2.45, 2.75) is 76.1 Å². The van der Waals surface area contributed by atoms with Crippen LogP contribution in [0.15, 0.2) is 11.6 Å². The van der Waals surface area contributed by atoms with Crippen LogP contribution in [0.2, 0.25) is 0 Å². The highest BCUT2D eigenvalue weighted by atomic mass is 16.5. The lowest BCUT2D eigenvalue weighted by molar-refractivity contribution is -0.252. The molecule has 6 heteroatoms. The average molecular weight is 407 g/mol. The number of carbonyl (C=O) groups excluding carboxylic acids is 1. The summed E-state index contributed by atoms with van der Waals surface area (Å²) in [6, 6.07) is 0. The molecule has 0 radical (unpaired) electrons. The fourth-order valence-corrected chi connectivity index (χ4v) is 8.57. The lowest BCUT2D eigenvalue weighted by Gasteiger charge is -2.65. The third-order valence-electron chi connectivity index (χ3n) is 9.90. The zero-order valence-electron chi connectivity index (χ0n) is 17.2. The molecule has 6 nitrogen and oxygen atoms in total. The Morgan fingerprint density at radius 3 is 2.66 bits per heavy atom. The van der Waals surface area contributed by atoms with Gasteiger partial charge in [-0.05, 0) is 80.6 Å². The number of ether oxygens (including phenoxy) is 1. The summed E-state index contributed by atoms with van der Waals surface area (Å²) < 4.78 is 5.15. The highest BCUT2D eigenvalue weighted by Gasteiger charge is 2.70.